The molecule has 0 N–H and O–H groups in total. The summed E-state index contributed by atoms with van der Waals surface area (Å²) in [7, 11) is 0. The van der Waals surface area contributed by atoms with Gasteiger partial charge < -0.3 is 0 Å². The van der Waals surface area contributed by atoms with Crippen molar-refractivity contribution < 1.29 is 4.39 Å². The number of nitrogens with zero attached hydrogens (tertiary/aromatic N) is 3. The molecular formula is C17H20FN3S. The SMILES string of the molecule is Fc1cccc(CN2C[C@H]3CN(Cc4nccs4)C[C@@H]3C2)c1. The minimum absolute atomic E-state index is 0.133. The number of hydrogen-bond acceptors (Lipinski definition) is 4. The molecule has 0 saturated carbocycles. The molecule has 4 rings (SSSR count). The Hall–Kier alpha value is -1.30. The zero-order valence-electron chi connectivity index (χ0n) is 12.5. The summed E-state index contributed by atoms with van der Waals surface area (Å²) in [6, 6.07) is 6.99. The zero-order chi connectivity index (χ0) is 14.9. The van der Waals surface area contributed by atoms with E-state index in [4.69, 9.17) is 0 Å². The molecule has 3 nitrogen and oxygen atoms in total. The van der Waals surface area contributed by atoms with Crippen molar-refractivity contribution in [3.63, 3.8) is 0 Å². The normalized spacial score (nSPS) is 25.7. The number of likely N-dealkylation sites (tertiary alicyclic amines) is 2. The van der Waals surface area contributed by atoms with E-state index in [0.29, 0.717) is 0 Å². The van der Waals surface area contributed by atoms with Crippen LogP contribution in [0.3, 0.4) is 0 Å². The van der Waals surface area contributed by atoms with Gasteiger partial charge in [0.05, 0.1) is 6.54 Å². The Bertz CT molecular complexity index is 617. The average Bonchev–Trinajstić information content (AvgIpc) is 3.16. The molecule has 0 radical (unpaired) electrons. The molecule has 0 amide bonds. The number of hydrogen-bond donors (Lipinski definition) is 0. The molecule has 0 spiro atoms. The quantitative estimate of drug-likeness (QED) is 0.864. The van der Waals surface area contributed by atoms with Gasteiger partial charge in [0.15, 0.2) is 0 Å². The summed E-state index contributed by atoms with van der Waals surface area (Å²) in [5, 5.41) is 3.27. The highest BCUT2D eigenvalue weighted by Gasteiger charge is 2.39. The summed E-state index contributed by atoms with van der Waals surface area (Å²) in [4.78, 5) is 9.40. The highest BCUT2D eigenvalue weighted by Crippen LogP contribution is 2.32. The van der Waals surface area contributed by atoms with Crippen LogP contribution in [-0.4, -0.2) is 41.0 Å². The lowest BCUT2D eigenvalue weighted by Crippen LogP contribution is -2.28. The minimum Gasteiger partial charge on any atom is -0.298 e. The van der Waals surface area contributed by atoms with E-state index in [9.17, 15) is 4.39 Å². The fraction of sp³-hybridized carbons (Fsp3) is 0.471. The molecule has 22 heavy (non-hydrogen) atoms. The lowest BCUT2D eigenvalue weighted by Gasteiger charge is -2.20. The molecule has 0 bridgehead atoms. The van der Waals surface area contributed by atoms with Crippen molar-refractivity contribution in [2.75, 3.05) is 26.2 Å². The van der Waals surface area contributed by atoms with Crippen LogP contribution in [0.15, 0.2) is 35.8 Å². The first-order chi connectivity index (χ1) is 10.8. The van der Waals surface area contributed by atoms with Crippen LogP contribution in [0.25, 0.3) is 0 Å². The third kappa shape index (κ3) is 3.07. The molecule has 2 aliphatic rings. The monoisotopic (exact) mass is 317 g/mol. The zero-order valence-corrected chi connectivity index (χ0v) is 13.3. The Balaban J connectivity index is 1.32. The number of rotatable bonds is 4. The van der Waals surface area contributed by atoms with Crippen LogP contribution in [0.5, 0.6) is 0 Å². The van der Waals surface area contributed by atoms with Crippen molar-refractivity contribution in [1.29, 1.82) is 0 Å². The van der Waals surface area contributed by atoms with Gasteiger partial charge in [-0.05, 0) is 29.5 Å². The van der Waals surface area contributed by atoms with Gasteiger partial charge in [-0.15, -0.1) is 11.3 Å². The van der Waals surface area contributed by atoms with Gasteiger partial charge in [0.2, 0.25) is 0 Å². The smallest absolute Gasteiger partial charge is 0.123 e. The van der Waals surface area contributed by atoms with E-state index < -0.39 is 0 Å². The van der Waals surface area contributed by atoms with Gasteiger partial charge in [-0.25, -0.2) is 9.37 Å². The summed E-state index contributed by atoms with van der Waals surface area (Å²) < 4.78 is 13.3. The van der Waals surface area contributed by atoms with Gasteiger partial charge in [0, 0.05) is 44.3 Å². The Morgan fingerprint density at radius 2 is 1.82 bits per heavy atom. The lowest BCUT2D eigenvalue weighted by molar-refractivity contribution is 0.246. The van der Waals surface area contributed by atoms with Crippen molar-refractivity contribution >= 4 is 11.3 Å². The van der Waals surface area contributed by atoms with Crippen molar-refractivity contribution in [3.8, 4) is 0 Å². The molecule has 1 aromatic carbocycles. The predicted octanol–water partition coefficient (Wildman–Crippen LogP) is 2.85. The summed E-state index contributed by atoms with van der Waals surface area (Å²) in [5.74, 6) is 1.38. The first-order valence-electron chi connectivity index (χ1n) is 7.84. The summed E-state index contributed by atoms with van der Waals surface area (Å²) in [5.41, 5.74) is 1.08. The van der Waals surface area contributed by atoms with E-state index in [1.54, 1.807) is 23.5 Å². The summed E-state index contributed by atoms with van der Waals surface area (Å²) >= 11 is 1.74. The van der Waals surface area contributed by atoms with Crippen LogP contribution in [0.2, 0.25) is 0 Å². The second-order valence-electron chi connectivity index (χ2n) is 6.46. The van der Waals surface area contributed by atoms with Gasteiger partial charge in [-0.3, -0.25) is 9.80 Å². The third-order valence-corrected chi connectivity index (χ3v) is 5.54. The van der Waals surface area contributed by atoms with Crippen molar-refractivity contribution in [2.24, 2.45) is 11.8 Å². The maximum absolute atomic E-state index is 13.3. The standard InChI is InChI=1S/C17H20FN3S/c18-16-3-1-2-13(6-16)7-20-8-14-10-21(11-15(14)9-20)12-17-19-4-5-22-17/h1-6,14-15H,7-12H2/t14-,15-/m0/s1. The van der Waals surface area contributed by atoms with Gasteiger partial charge >= 0.3 is 0 Å². The fourth-order valence-electron chi connectivity index (χ4n) is 3.86. The molecule has 116 valence electrons. The van der Waals surface area contributed by atoms with Gasteiger partial charge in [0.25, 0.3) is 0 Å². The Morgan fingerprint density at radius 3 is 2.45 bits per heavy atom. The van der Waals surface area contributed by atoms with Crippen molar-refractivity contribution in [1.82, 2.24) is 14.8 Å². The number of fused-ring (bicyclic) bond motifs is 1. The van der Waals surface area contributed by atoms with E-state index >= 15 is 0 Å². The average molecular weight is 317 g/mol. The molecule has 2 saturated heterocycles. The van der Waals surface area contributed by atoms with Crippen LogP contribution in [0.1, 0.15) is 10.6 Å². The molecule has 2 aliphatic heterocycles. The van der Waals surface area contributed by atoms with E-state index in [1.807, 2.05) is 17.6 Å². The molecule has 0 aliphatic carbocycles. The molecule has 2 atom stereocenters. The predicted molar refractivity (Wildman–Crippen MR) is 86.0 cm³/mol. The topological polar surface area (TPSA) is 19.4 Å². The Labute approximate surface area is 134 Å². The van der Waals surface area contributed by atoms with Crippen LogP contribution in [-0.2, 0) is 13.1 Å². The fourth-order valence-corrected chi connectivity index (χ4v) is 4.52. The summed E-state index contributed by atoms with van der Waals surface area (Å²) in [6.45, 7) is 6.48. The van der Waals surface area contributed by atoms with Crippen LogP contribution in [0, 0.1) is 17.7 Å². The maximum atomic E-state index is 13.3. The second-order valence-corrected chi connectivity index (χ2v) is 7.44. The van der Waals surface area contributed by atoms with Gasteiger partial charge in [-0.1, -0.05) is 12.1 Å². The van der Waals surface area contributed by atoms with E-state index in [0.717, 1.165) is 43.6 Å². The van der Waals surface area contributed by atoms with E-state index in [2.05, 4.69) is 14.8 Å². The minimum atomic E-state index is -0.133. The number of thiazole rings is 1. The van der Waals surface area contributed by atoms with Crippen LogP contribution < -0.4 is 0 Å². The molecule has 2 aromatic rings. The van der Waals surface area contributed by atoms with E-state index in [-0.39, 0.29) is 5.82 Å². The van der Waals surface area contributed by atoms with Crippen molar-refractivity contribution in [3.05, 3.63) is 52.2 Å². The highest BCUT2D eigenvalue weighted by atomic mass is 32.1. The third-order valence-electron chi connectivity index (χ3n) is 4.78. The number of halogens is 1. The largest absolute Gasteiger partial charge is 0.298 e. The Morgan fingerprint density at radius 1 is 1.09 bits per heavy atom. The van der Waals surface area contributed by atoms with Gasteiger partial charge in [-0.2, -0.15) is 0 Å². The number of benzene rings is 1. The molecule has 2 fully saturated rings. The highest BCUT2D eigenvalue weighted by molar-refractivity contribution is 7.09. The molecule has 0 unspecified atom stereocenters. The molecule has 1 aromatic heterocycles. The maximum Gasteiger partial charge on any atom is 0.123 e. The molecular weight excluding hydrogens is 297 g/mol. The first kappa shape index (κ1) is 14.3. The Kier molecular flexibility index (Phi) is 3.94. The number of aromatic nitrogens is 1. The van der Waals surface area contributed by atoms with Crippen LogP contribution in [0.4, 0.5) is 4.39 Å². The van der Waals surface area contributed by atoms with Gasteiger partial charge in [0.1, 0.15) is 10.8 Å². The molecule has 5 heteroatoms. The van der Waals surface area contributed by atoms with E-state index in [1.165, 1.54) is 24.2 Å². The molecule has 3 heterocycles. The second kappa shape index (κ2) is 6.07. The van der Waals surface area contributed by atoms with Crippen LogP contribution >= 0.6 is 11.3 Å². The first-order valence-corrected chi connectivity index (χ1v) is 8.72. The summed E-state index contributed by atoms with van der Waals surface area (Å²) in [6.07, 6.45) is 1.89. The van der Waals surface area contributed by atoms with Crippen molar-refractivity contribution in [2.45, 2.75) is 13.1 Å². The lowest BCUT2D eigenvalue weighted by atomic mass is 10.0.